The number of benzene rings is 2. The average Bonchev–Trinajstić information content (AvgIpc) is 2.60. The van der Waals surface area contributed by atoms with Gasteiger partial charge in [0.2, 0.25) is 0 Å². The molecule has 0 aliphatic rings. The summed E-state index contributed by atoms with van der Waals surface area (Å²) >= 11 is 9.27. The summed E-state index contributed by atoms with van der Waals surface area (Å²) < 4.78 is 5.75. The van der Waals surface area contributed by atoms with Crippen LogP contribution in [0.15, 0.2) is 40.4 Å². The van der Waals surface area contributed by atoms with Gasteiger partial charge in [0.05, 0.1) is 11.1 Å². The Morgan fingerprint density at radius 1 is 1.42 bits per heavy atom. The van der Waals surface area contributed by atoms with Crippen LogP contribution in [0.25, 0.3) is 6.08 Å². The number of amides is 1. The van der Waals surface area contributed by atoms with Crippen molar-refractivity contribution in [2.24, 2.45) is 0 Å². The number of ether oxygens (including phenoxy) is 1. The zero-order valence-corrected chi connectivity index (χ0v) is 16.5. The summed E-state index contributed by atoms with van der Waals surface area (Å²) in [6, 6.07) is 10.1. The fraction of sp³-hybridized carbons (Fsp3) is 0.158. The molecule has 2 aromatic carbocycles. The van der Waals surface area contributed by atoms with Gasteiger partial charge in [-0.1, -0.05) is 17.7 Å². The number of aryl methyl sites for hydroxylation is 1. The smallest absolute Gasteiger partial charge is 0.266 e. The fourth-order valence-electron chi connectivity index (χ4n) is 2.13. The molecule has 2 aromatic rings. The number of aromatic hydroxyl groups is 1. The predicted molar refractivity (Wildman–Crippen MR) is 105 cm³/mol. The Bertz CT molecular complexity index is 920. The van der Waals surface area contributed by atoms with Gasteiger partial charge in [-0.3, -0.25) is 4.79 Å². The second-order valence-corrected chi connectivity index (χ2v) is 6.63. The molecule has 26 heavy (non-hydrogen) atoms. The van der Waals surface area contributed by atoms with Crippen molar-refractivity contribution in [1.82, 2.24) is 0 Å². The lowest BCUT2D eigenvalue weighted by Gasteiger charge is -2.09. The highest BCUT2D eigenvalue weighted by atomic mass is 79.9. The lowest BCUT2D eigenvalue weighted by atomic mass is 10.1. The Morgan fingerprint density at radius 3 is 2.77 bits per heavy atom. The SMILES string of the molecule is CCOc1cc(/C=C(/C#N)C(=O)Nc2ccc(C)c(Cl)c2)cc(Br)c1O. The van der Waals surface area contributed by atoms with Gasteiger partial charge in [0.15, 0.2) is 11.5 Å². The molecule has 0 heterocycles. The number of hydrogen-bond acceptors (Lipinski definition) is 4. The van der Waals surface area contributed by atoms with E-state index in [1.807, 2.05) is 13.0 Å². The zero-order chi connectivity index (χ0) is 19.3. The summed E-state index contributed by atoms with van der Waals surface area (Å²) in [6.45, 7) is 4.01. The van der Waals surface area contributed by atoms with Crippen LogP contribution in [0, 0.1) is 18.3 Å². The molecule has 134 valence electrons. The molecule has 0 aliphatic heterocycles. The number of phenols is 1. The van der Waals surface area contributed by atoms with Crippen molar-refractivity contribution in [3.8, 4) is 17.6 Å². The number of carbonyl (C=O) groups is 1. The highest BCUT2D eigenvalue weighted by Crippen LogP contribution is 2.36. The van der Waals surface area contributed by atoms with Crippen LogP contribution in [-0.4, -0.2) is 17.6 Å². The minimum atomic E-state index is -0.561. The standard InChI is InChI=1S/C19H16BrClN2O3/c1-3-26-17-8-12(7-15(20)18(17)24)6-13(10-22)19(25)23-14-5-4-11(2)16(21)9-14/h4-9,24H,3H2,1-2H3,(H,23,25)/b13-6-. The van der Waals surface area contributed by atoms with E-state index >= 15 is 0 Å². The lowest BCUT2D eigenvalue weighted by molar-refractivity contribution is -0.112. The maximum Gasteiger partial charge on any atom is 0.266 e. The normalized spacial score (nSPS) is 11.0. The zero-order valence-electron chi connectivity index (χ0n) is 14.1. The Morgan fingerprint density at radius 2 is 2.15 bits per heavy atom. The van der Waals surface area contributed by atoms with Crippen LogP contribution in [0.1, 0.15) is 18.1 Å². The van der Waals surface area contributed by atoms with Gasteiger partial charge in [0, 0.05) is 10.7 Å². The first-order chi connectivity index (χ1) is 12.3. The molecular formula is C19H16BrClN2O3. The van der Waals surface area contributed by atoms with Gasteiger partial charge < -0.3 is 15.2 Å². The summed E-state index contributed by atoms with van der Waals surface area (Å²) in [6.07, 6.45) is 1.41. The predicted octanol–water partition coefficient (Wildman–Crippen LogP) is 5.06. The number of anilines is 1. The number of phenolic OH excluding ortho intramolecular Hbond substituents is 1. The van der Waals surface area contributed by atoms with E-state index in [9.17, 15) is 15.2 Å². The van der Waals surface area contributed by atoms with Gasteiger partial charge in [-0.05, 0) is 71.2 Å². The Balaban J connectivity index is 2.30. The first-order valence-corrected chi connectivity index (χ1v) is 8.87. The average molecular weight is 436 g/mol. The molecule has 2 N–H and O–H groups in total. The van der Waals surface area contributed by atoms with E-state index in [0.29, 0.717) is 27.4 Å². The molecule has 0 unspecified atom stereocenters. The lowest BCUT2D eigenvalue weighted by Crippen LogP contribution is -2.13. The minimum Gasteiger partial charge on any atom is -0.503 e. The summed E-state index contributed by atoms with van der Waals surface area (Å²) in [5.74, 6) is -0.341. The van der Waals surface area contributed by atoms with E-state index in [0.717, 1.165) is 5.56 Å². The van der Waals surface area contributed by atoms with Gasteiger partial charge >= 0.3 is 0 Å². The largest absolute Gasteiger partial charge is 0.503 e. The molecule has 0 aliphatic carbocycles. The van der Waals surface area contributed by atoms with Gasteiger partial charge in [-0.15, -0.1) is 0 Å². The third-order valence-corrected chi connectivity index (χ3v) is 4.47. The number of nitrogens with one attached hydrogen (secondary N) is 1. The van der Waals surface area contributed by atoms with E-state index in [1.165, 1.54) is 6.08 Å². The second-order valence-electron chi connectivity index (χ2n) is 5.37. The Kier molecular flexibility index (Phi) is 6.67. The van der Waals surface area contributed by atoms with Crippen molar-refractivity contribution < 1.29 is 14.6 Å². The molecule has 7 heteroatoms. The van der Waals surface area contributed by atoms with Crippen molar-refractivity contribution >= 4 is 45.2 Å². The molecule has 0 radical (unpaired) electrons. The number of rotatable bonds is 5. The monoisotopic (exact) mass is 434 g/mol. The number of nitrogens with zero attached hydrogens (tertiary/aromatic N) is 1. The molecule has 5 nitrogen and oxygen atoms in total. The first kappa shape index (κ1) is 19.8. The minimum absolute atomic E-state index is 0.0405. The van der Waals surface area contributed by atoms with Gasteiger partial charge in [0.1, 0.15) is 11.6 Å². The van der Waals surface area contributed by atoms with Crippen LogP contribution in [0.3, 0.4) is 0 Å². The number of carbonyl (C=O) groups excluding carboxylic acids is 1. The summed E-state index contributed by atoms with van der Waals surface area (Å²) in [5.41, 5.74) is 1.82. The van der Waals surface area contributed by atoms with Crippen molar-refractivity contribution in [1.29, 1.82) is 5.26 Å². The van der Waals surface area contributed by atoms with Gasteiger partial charge in [-0.2, -0.15) is 5.26 Å². The molecule has 0 spiro atoms. The van der Waals surface area contributed by atoms with Crippen LogP contribution >= 0.6 is 27.5 Å². The second kappa shape index (κ2) is 8.75. The van der Waals surface area contributed by atoms with Crippen LogP contribution in [0.2, 0.25) is 5.02 Å². The molecule has 0 fully saturated rings. The molecule has 2 rings (SSSR count). The molecule has 1 amide bonds. The third-order valence-electron chi connectivity index (χ3n) is 3.46. The van der Waals surface area contributed by atoms with Crippen molar-refractivity contribution in [3.05, 3.63) is 56.5 Å². The molecule has 0 saturated carbocycles. The molecular weight excluding hydrogens is 420 g/mol. The van der Waals surface area contributed by atoms with Crippen molar-refractivity contribution in [3.63, 3.8) is 0 Å². The summed E-state index contributed by atoms with van der Waals surface area (Å²) in [4.78, 5) is 12.4. The van der Waals surface area contributed by atoms with Crippen LogP contribution in [0.4, 0.5) is 5.69 Å². The first-order valence-electron chi connectivity index (χ1n) is 7.70. The number of nitriles is 1. The van der Waals surface area contributed by atoms with Crippen LogP contribution in [0.5, 0.6) is 11.5 Å². The van der Waals surface area contributed by atoms with E-state index in [-0.39, 0.29) is 17.1 Å². The van der Waals surface area contributed by atoms with Crippen molar-refractivity contribution in [2.75, 3.05) is 11.9 Å². The molecule has 0 aromatic heterocycles. The number of halogens is 2. The van der Waals surface area contributed by atoms with Crippen LogP contribution in [-0.2, 0) is 4.79 Å². The van der Waals surface area contributed by atoms with Gasteiger partial charge in [0.25, 0.3) is 5.91 Å². The maximum absolute atomic E-state index is 12.4. The Hall–Kier alpha value is -2.49. The summed E-state index contributed by atoms with van der Waals surface area (Å²) in [7, 11) is 0. The highest BCUT2D eigenvalue weighted by molar-refractivity contribution is 9.10. The van der Waals surface area contributed by atoms with Gasteiger partial charge in [-0.25, -0.2) is 0 Å². The fourth-order valence-corrected chi connectivity index (χ4v) is 2.77. The van der Waals surface area contributed by atoms with E-state index in [4.69, 9.17) is 16.3 Å². The highest BCUT2D eigenvalue weighted by Gasteiger charge is 2.13. The topological polar surface area (TPSA) is 82.3 Å². The van der Waals surface area contributed by atoms with E-state index in [2.05, 4.69) is 21.2 Å². The molecule has 0 saturated heterocycles. The van der Waals surface area contributed by atoms with E-state index < -0.39 is 5.91 Å². The quantitative estimate of drug-likeness (QED) is 0.508. The Labute approximate surface area is 165 Å². The molecule has 0 bridgehead atoms. The molecule has 0 atom stereocenters. The third kappa shape index (κ3) is 4.78. The van der Waals surface area contributed by atoms with Crippen molar-refractivity contribution in [2.45, 2.75) is 13.8 Å². The van der Waals surface area contributed by atoms with E-state index in [1.54, 1.807) is 37.3 Å². The maximum atomic E-state index is 12.4. The number of hydrogen-bond donors (Lipinski definition) is 2. The van der Waals surface area contributed by atoms with Crippen LogP contribution < -0.4 is 10.1 Å². The summed E-state index contributed by atoms with van der Waals surface area (Å²) in [5, 5.41) is 22.4.